The van der Waals surface area contributed by atoms with Gasteiger partial charge in [0, 0.05) is 25.5 Å². The molecule has 0 saturated carbocycles. The highest BCUT2D eigenvalue weighted by Gasteiger charge is 2.15. The summed E-state index contributed by atoms with van der Waals surface area (Å²) in [4.78, 5) is 2.13. The van der Waals surface area contributed by atoms with Crippen molar-refractivity contribution in [1.29, 1.82) is 0 Å². The molecule has 0 aliphatic carbocycles. The van der Waals surface area contributed by atoms with Gasteiger partial charge in [-0.1, -0.05) is 30.3 Å². The van der Waals surface area contributed by atoms with E-state index in [1.54, 1.807) is 30.3 Å². The number of rotatable bonds is 6. The van der Waals surface area contributed by atoms with E-state index in [0.29, 0.717) is 5.69 Å². The number of nitrogens with one attached hydrogen (secondary N) is 1. The zero-order valence-corrected chi connectivity index (χ0v) is 16.1. The minimum absolute atomic E-state index is 0.0592. The summed E-state index contributed by atoms with van der Waals surface area (Å²) >= 11 is 0. The quantitative estimate of drug-likeness (QED) is 0.682. The van der Waals surface area contributed by atoms with Gasteiger partial charge in [-0.05, 0) is 59.2 Å². The molecular formula is C21H22N2O3S. The van der Waals surface area contributed by atoms with E-state index >= 15 is 0 Å². The summed E-state index contributed by atoms with van der Waals surface area (Å²) in [6.45, 7) is -0.0592. The lowest BCUT2D eigenvalue weighted by molar-refractivity contribution is 0.282. The SMILES string of the molecule is CN(C)c1ccc(NS(=O)(=O)c2cccc(-c3cccc(CO)c3)c2)cc1. The van der Waals surface area contributed by atoms with E-state index in [2.05, 4.69) is 4.72 Å². The second kappa shape index (κ2) is 7.82. The number of anilines is 2. The molecule has 0 bridgehead atoms. The Morgan fingerprint density at radius 3 is 2.15 bits per heavy atom. The molecule has 0 spiro atoms. The van der Waals surface area contributed by atoms with Crippen LogP contribution in [0.15, 0.2) is 77.7 Å². The number of sulfonamides is 1. The molecule has 27 heavy (non-hydrogen) atoms. The minimum Gasteiger partial charge on any atom is -0.392 e. The number of aliphatic hydroxyl groups excluding tert-OH is 1. The maximum Gasteiger partial charge on any atom is 0.261 e. The van der Waals surface area contributed by atoms with Gasteiger partial charge in [0.2, 0.25) is 0 Å². The maximum atomic E-state index is 12.8. The molecule has 3 aromatic rings. The summed E-state index contributed by atoms with van der Waals surface area (Å²) in [7, 11) is 0.148. The summed E-state index contributed by atoms with van der Waals surface area (Å²) in [5.41, 5.74) is 3.90. The summed E-state index contributed by atoms with van der Waals surface area (Å²) in [5.74, 6) is 0. The van der Waals surface area contributed by atoms with Crippen molar-refractivity contribution in [2.75, 3.05) is 23.7 Å². The summed E-state index contributed by atoms with van der Waals surface area (Å²) < 4.78 is 28.1. The molecule has 3 rings (SSSR count). The zero-order valence-electron chi connectivity index (χ0n) is 15.3. The van der Waals surface area contributed by atoms with Crippen LogP contribution < -0.4 is 9.62 Å². The van der Waals surface area contributed by atoms with E-state index in [4.69, 9.17) is 0 Å². The molecular weight excluding hydrogens is 360 g/mol. The van der Waals surface area contributed by atoms with E-state index in [9.17, 15) is 13.5 Å². The first-order valence-corrected chi connectivity index (χ1v) is 9.98. The molecule has 0 aromatic heterocycles. The van der Waals surface area contributed by atoms with Crippen LogP contribution in [0, 0.1) is 0 Å². The predicted octanol–water partition coefficient (Wildman–Crippen LogP) is 3.71. The van der Waals surface area contributed by atoms with Crippen LogP contribution >= 0.6 is 0 Å². The largest absolute Gasteiger partial charge is 0.392 e. The Balaban J connectivity index is 1.88. The van der Waals surface area contributed by atoms with Crippen LogP contribution in [-0.4, -0.2) is 27.6 Å². The Morgan fingerprint density at radius 1 is 0.889 bits per heavy atom. The van der Waals surface area contributed by atoms with E-state index in [1.807, 2.05) is 61.5 Å². The van der Waals surface area contributed by atoms with Gasteiger partial charge in [0.1, 0.15) is 0 Å². The highest BCUT2D eigenvalue weighted by atomic mass is 32.2. The van der Waals surface area contributed by atoms with Gasteiger partial charge in [-0.25, -0.2) is 8.42 Å². The summed E-state index contributed by atoms with van der Waals surface area (Å²) in [5, 5.41) is 9.30. The van der Waals surface area contributed by atoms with Crippen molar-refractivity contribution in [3.05, 3.63) is 78.4 Å². The molecule has 0 fully saturated rings. The Kier molecular flexibility index (Phi) is 5.48. The van der Waals surface area contributed by atoms with Gasteiger partial charge in [0.25, 0.3) is 10.0 Å². The fourth-order valence-electron chi connectivity index (χ4n) is 2.73. The second-order valence-corrected chi connectivity index (χ2v) is 8.12. The predicted molar refractivity (Wildman–Crippen MR) is 109 cm³/mol. The monoisotopic (exact) mass is 382 g/mol. The average Bonchev–Trinajstić information content (AvgIpc) is 2.68. The topological polar surface area (TPSA) is 69.6 Å². The molecule has 6 heteroatoms. The van der Waals surface area contributed by atoms with E-state index in [-0.39, 0.29) is 11.5 Å². The number of hydrogen-bond acceptors (Lipinski definition) is 4. The molecule has 2 N–H and O–H groups in total. The number of hydrogen-bond donors (Lipinski definition) is 2. The Morgan fingerprint density at radius 2 is 1.52 bits per heavy atom. The van der Waals surface area contributed by atoms with Gasteiger partial charge >= 0.3 is 0 Å². The summed E-state index contributed by atoms with van der Waals surface area (Å²) in [6.07, 6.45) is 0. The van der Waals surface area contributed by atoms with Crippen molar-refractivity contribution in [3.8, 4) is 11.1 Å². The lowest BCUT2D eigenvalue weighted by Gasteiger charge is -2.14. The zero-order chi connectivity index (χ0) is 19.4. The van der Waals surface area contributed by atoms with Crippen LogP contribution in [0.25, 0.3) is 11.1 Å². The minimum atomic E-state index is -3.71. The van der Waals surface area contributed by atoms with Crippen molar-refractivity contribution >= 4 is 21.4 Å². The fraction of sp³-hybridized carbons (Fsp3) is 0.143. The van der Waals surface area contributed by atoms with E-state index < -0.39 is 10.0 Å². The van der Waals surface area contributed by atoms with Crippen LogP contribution in [-0.2, 0) is 16.6 Å². The molecule has 0 heterocycles. The Hall–Kier alpha value is -2.83. The van der Waals surface area contributed by atoms with Crippen LogP contribution in [0.4, 0.5) is 11.4 Å². The molecule has 0 saturated heterocycles. The Bertz CT molecular complexity index is 1030. The Labute approximate surface area is 160 Å². The lowest BCUT2D eigenvalue weighted by atomic mass is 10.0. The third-order valence-electron chi connectivity index (χ3n) is 4.22. The van der Waals surface area contributed by atoms with Gasteiger partial charge in [0.15, 0.2) is 0 Å². The maximum absolute atomic E-state index is 12.8. The van der Waals surface area contributed by atoms with E-state index in [1.165, 1.54) is 0 Å². The van der Waals surface area contributed by atoms with Crippen LogP contribution in [0.3, 0.4) is 0 Å². The van der Waals surface area contributed by atoms with Crippen LogP contribution in [0.2, 0.25) is 0 Å². The molecule has 0 atom stereocenters. The molecule has 5 nitrogen and oxygen atoms in total. The molecule has 3 aromatic carbocycles. The first-order chi connectivity index (χ1) is 12.9. The van der Waals surface area contributed by atoms with Crippen molar-refractivity contribution in [3.63, 3.8) is 0 Å². The standard InChI is InChI=1S/C21H22N2O3S/c1-23(2)20-11-9-19(10-12-20)22-27(25,26)21-8-4-7-18(14-21)17-6-3-5-16(13-17)15-24/h3-14,22,24H,15H2,1-2H3. The first-order valence-electron chi connectivity index (χ1n) is 8.49. The number of benzene rings is 3. The molecule has 0 aliphatic rings. The third-order valence-corrected chi connectivity index (χ3v) is 5.60. The molecule has 140 valence electrons. The number of aliphatic hydroxyl groups is 1. The van der Waals surface area contributed by atoms with Crippen LogP contribution in [0.1, 0.15) is 5.56 Å². The van der Waals surface area contributed by atoms with Gasteiger partial charge < -0.3 is 10.0 Å². The van der Waals surface area contributed by atoms with Gasteiger partial charge in [0.05, 0.1) is 11.5 Å². The van der Waals surface area contributed by atoms with Gasteiger partial charge in [-0.15, -0.1) is 0 Å². The van der Waals surface area contributed by atoms with E-state index in [0.717, 1.165) is 22.4 Å². The third kappa shape index (κ3) is 4.48. The van der Waals surface area contributed by atoms with Crippen molar-refractivity contribution in [2.24, 2.45) is 0 Å². The fourth-order valence-corrected chi connectivity index (χ4v) is 3.84. The van der Waals surface area contributed by atoms with Crippen LogP contribution in [0.5, 0.6) is 0 Å². The molecule has 0 unspecified atom stereocenters. The smallest absolute Gasteiger partial charge is 0.261 e. The molecule has 0 amide bonds. The first kappa shape index (κ1) is 18.9. The second-order valence-electron chi connectivity index (χ2n) is 6.43. The van der Waals surface area contributed by atoms with Gasteiger partial charge in [-0.2, -0.15) is 0 Å². The molecule has 0 radical (unpaired) electrons. The molecule has 0 aliphatic heterocycles. The highest BCUT2D eigenvalue weighted by molar-refractivity contribution is 7.92. The average molecular weight is 382 g/mol. The van der Waals surface area contributed by atoms with Crippen molar-refractivity contribution in [1.82, 2.24) is 0 Å². The summed E-state index contributed by atoms with van der Waals surface area (Å²) in [6, 6.07) is 21.3. The van der Waals surface area contributed by atoms with Crippen molar-refractivity contribution in [2.45, 2.75) is 11.5 Å². The number of nitrogens with zero attached hydrogens (tertiary/aromatic N) is 1. The lowest BCUT2D eigenvalue weighted by Crippen LogP contribution is -2.13. The van der Waals surface area contributed by atoms with Gasteiger partial charge in [-0.3, -0.25) is 4.72 Å². The highest BCUT2D eigenvalue weighted by Crippen LogP contribution is 2.25. The normalized spacial score (nSPS) is 11.2. The van der Waals surface area contributed by atoms with Crippen molar-refractivity contribution < 1.29 is 13.5 Å².